The Morgan fingerprint density at radius 3 is 2.84 bits per heavy atom. The van der Waals surface area contributed by atoms with Gasteiger partial charge in [0.1, 0.15) is 0 Å². The topological polar surface area (TPSA) is 55.6 Å². The lowest BCUT2D eigenvalue weighted by Gasteiger charge is -2.35. The monoisotopic (exact) mass is 346 g/mol. The van der Waals surface area contributed by atoms with Gasteiger partial charge in [-0.2, -0.15) is 0 Å². The molecule has 2 atom stereocenters. The predicted octanol–water partition coefficient (Wildman–Crippen LogP) is 3.77. The summed E-state index contributed by atoms with van der Waals surface area (Å²) in [5.41, 5.74) is 8.55. The smallest absolute Gasteiger partial charge is 0.308 e. The second-order valence-electron chi connectivity index (χ2n) is 7.10. The summed E-state index contributed by atoms with van der Waals surface area (Å²) in [6, 6.07) is 8.63. The van der Waals surface area contributed by atoms with E-state index in [9.17, 15) is 4.79 Å². The number of ether oxygens (including phenoxy) is 1. The highest BCUT2D eigenvalue weighted by atomic mass is 16.5. The molecule has 2 rings (SSSR count). The molecule has 2 N–H and O–H groups in total. The summed E-state index contributed by atoms with van der Waals surface area (Å²) in [7, 11) is 0. The SMILES string of the molecule is CCCC(CCc1ccccc1N1CCCC(CN)C1)C(=O)OCC. The molecule has 0 aliphatic carbocycles. The summed E-state index contributed by atoms with van der Waals surface area (Å²) in [5, 5.41) is 0. The molecule has 1 fully saturated rings. The normalized spacial score (nSPS) is 18.8. The van der Waals surface area contributed by atoms with Crippen LogP contribution >= 0.6 is 0 Å². The van der Waals surface area contributed by atoms with E-state index in [1.54, 1.807) is 0 Å². The minimum absolute atomic E-state index is 0.0103. The van der Waals surface area contributed by atoms with Gasteiger partial charge in [-0.1, -0.05) is 31.5 Å². The van der Waals surface area contributed by atoms with Gasteiger partial charge >= 0.3 is 5.97 Å². The third kappa shape index (κ3) is 5.74. The molecule has 25 heavy (non-hydrogen) atoms. The van der Waals surface area contributed by atoms with Crippen LogP contribution in [0.4, 0.5) is 5.69 Å². The van der Waals surface area contributed by atoms with Gasteiger partial charge in [-0.15, -0.1) is 0 Å². The van der Waals surface area contributed by atoms with Gasteiger partial charge in [0.25, 0.3) is 0 Å². The lowest BCUT2D eigenvalue weighted by molar-refractivity contribution is -0.148. The van der Waals surface area contributed by atoms with Gasteiger partial charge in [0, 0.05) is 18.8 Å². The first-order chi connectivity index (χ1) is 12.2. The maximum absolute atomic E-state index is 12.2. The minimum Gasteiger partial charge on any atom is -0.466 e. The van der Waals surface area contributed by atoms with Crippen molar-refractivity contribution in [1.82, 2.24) is 0 Å². The molecule has 1 aromatic rings. The van der Waals surface area contributed by atoms with Gasteiger partial charge in [0.2, 0.25) is 0 Å². The van der Waals surface area contributed by atoms with Gasteiger partial charge in [-0.25, -0.2) is 0 Å². The van der Waals surface area contributed by atoms with Crippen LogP contribution in [0, 0.1) is 11.8 Å². The zero-order chi connectivity index (χ0) is 18.1. The predicted molar refractivity (Wildman–Crippen MR) is 104 cm³/mol. The average Bonchev–Trinajstić information content (AvgIpc) is 2.65. The molecule has 1 aliphatic rings. The molecular weight excluding hydrogens is 312 g/mol. The Balaban J connectivity index is 2.05. The van der Waals surface area contributed by atoms with Crippen molar-refractivity contribution in [2.75, 3.05) is 31.1 Å². The number of carbonyl (C=O) groups is 1. The van der Waals surface area contributed by atoms with Crippen LogP contribution in [0.25, 0.3) is 0 Å². The van der Waals surface area contributed by atoms with Gasteiger partial charge in [0.05, 0.1) is 12.5 Å². The van der Waals surface area contributed by atoms with Crippen molar-refractivity contribution >= 4 is 11.7 Å². The number of piperidine rings is 1. The Kier molecular flexibility index (Phi) is 8.26. The first-order valence-corrected chi connectivity index (χ1v) is 9.89. The molecule has 0 amide bonds. The first-order valence-electron chi connectivity index (χ1n) is 9.89. The van der Waals surface area contributed by atoms with Crippen molar-refractivity contribution in [3.05, 3.63) is 29.8 Å². The maximum atomic E-state index is 12.2. The Bertz CT molecular complexity index is 532. The summed E-state index contributed by atoms with van der Waals surface area (Å²) in [6.07, 6.45) is 6.13. The van der Waals surface area contributed by atoms with Crippen molar-refractivity contribution in [2.45, 2.75) is 52.4 Å². The first kappa shape index (κ1) is 19.8. The second-order valence-corrected chi connectivity index (χ2v) is 7.10. The zero-order valence-electron chi connectivity index (χ0n) is 15.9. The number of aryl methyl sites for hydroxylation is 1. The fourth-order valence-corrected chi connectivity index (χ4v) is 3.83. The number of rotatable bonds is 9. The third-order valence-corrected chi connectivity index (χ3v) is 5.20. The Hall–Kier alpha value is -1.55. The molecular formula is C21H34N2O2. The summed E-state index contributed by atoms with van der Waals surface area (Å²) >= 11 is 0. The van der Waals surface area contributed by atoms with Crippen LogP contribution in [-0.4, -0.2) is 32.2 Å². The van der Waals surface area contributed by atoms with E-state index in [1.807, 2.05) is 6.92 Å². The highest BCUT2D eigenvalue weighted by molar-refractivity contribution is 5.72. The van der Waals surface area contributed by atoms with Crippen molar-refractivity contribution in [1.29, 1.82) is 0 Å². The number of carbonyl (C=O) groups excluding carboxylic acids is 1. The van der Waals surface area contributed by atoms with E-state index in [4.69, 9.17) is 10.5 Å². The minimum atomic E-state index is -0.0389. The van der Waals surface area contributed by atoms with Gasteiger partial charge in [0.15, 0.2) is 0 Å². The third-order valence-electron chi connectivity index (χ3n) is 5.20. The molecule has 0 bridgehead atoms. The van der Waals surface area contributed by atoms with Crippen molar-refractivity contribution in [3.8, 4) is 0 Å². The molecule has 0 saturated carbocycles. The molecule has 4 nitrogen and oxygen atoms in total. The van der Waals surface area contributed by atoms with Crippen molar-refractivity contribution in [3.63, 3.8) is 0 Å². The molecule has 1 aromatic carbocycles. The fraction of sp³-hybridized carbons (Fsp3) is 0.667. The second kappa shape index (κ2) is 10.4. The zero-order valence-corrected chi connectivity index (χ0v) is 15.9. The Labute approximate surface area is 152 Å². The molecule has 1 heterocycles. The molecule has 1 saturated heterocycles. The van der Waals surface area contributed by atoms with Crippen LogP contribution < -0.4 is 10.6 Å². The summed E-state index contributed by atoms with van der Waals surface area (Å²) in [4.78, 5) is 14.7. The average molecular weight is 347 g/mol. The molecule has 140 valence electrons. The number of anilines is 1. The summed E-state index contributed by atoms with van der Waals surface area (Å²) < 4.78 is 5.26. The summed E-state index contributed by atoms with van der Waals surface area (Å²) in [5.74, 6) is 0.563. The lowest BCUT2D eigenvalue weighted by atomic mass is 9.93. The van der Waals surface area contributed by atoms with E-state index in [0.29, 0.717) is 12.5 Å². The van der Waals surface area contributed by atoms with E-state index in [1.165, 1.54) is 24.1 Å². The lowest BCUT2D eigenvalue weighted by Crippen LogP contribution is -2.38. The van der Waals surface area contributed by atoms with Crippen LogP contribution in [-0.2, 0) is 16.0 Å². The largest absolute Gasteiger partial charge is 0.466 e. The van der Waals surface area contributed by atoms with Crippen molar-refractivity contribution in [2.24, 2.45) is 17.6 Å². The standard InChI is InChI=1S/C21H34N2O2/c1-3-8-19(21(24)25-4-2)13-12-18-10-5-6-11-20(18)23-14-7-9-17(15-22)16-23/h5-6,10-11,17,19H,3-4,7-9,12-16,22H2,1-2H3. The van der Waals surface area contributed by atoms with E-state index in [0.717, 1.165) is 45.3 Å². The van der Waals surface area contributed by atoms with Gasteiger partial charge in [-0.3, -0.25) is 4.79 Å². The van der Waals surface area contributed by atoms with E-state index < -0.39 is 0 Å². The number of hydrogen-bond donors (Lipinski definition) is 1. The van der Waals surface area contributed by atoms with E-state index in [-0.39, 0.29) is 11.9 Å². The molecule has 4 heteroatoms. The van der Waals surface area contributed by atoms with Crippen LogP contribution in [0.15, 0.2) is 24.3 Å². The van der Waals surface area contributed by atoms with Gasteiger partial charge in [-0.05, 0) is 63.1 Å². The number of nitrogens with zero attached hydrogens (tertiary/aromatic N) is 1. The highest BCUT2D eigenvalue weighted by Crippen LogP contribution is 2.28. The van der Waals surface area contributed by atoms with Crippen LogP contribution in [0.2, 0.25) is 0 Å². The van der Waals surface area contributed by atoms with Crippen LogP contribution in [0.1, 0.15) is 51.5 Å². The Morgan fingerprint density at radius 2 is 2.12 bits per heavy atom. The number of benzene rings is 1. The number of hydrogen-bond acceptors (Lipinski definition) is 4. The highest BCUT2D eigenvalue weighted by Gasteiger charge is 2.22. The van der Waals surface area contributed by atoms with E-state index >= 15 is 0 Å². The molecule has 2 unspecified atom stereocenters. The van der Waals surface area contributed by atoms with Crippen molar-refractivity contribution < 1.29 is 9.53 Å². The van der Waals surface area contributed by atoms with E-state index in [2.05, 4.69) is 36.1 Å². The molecule has 0 spiro atoms. The van der Waals surface area contributed by atoms with Crippen LogP contribution in [0.5, 0.6) is 0 Å². The molecule has 1 aliphatic heterocycles. The maximum Gasteiger partial charge on any atom is 0.308 e. The molecule has 0 aromatic heterocycles. The number of para-hydroxylation sites is 1. The number of esters is 1. The van der Waals surface area contributed by atoms with Gasteiger partial charge < -0.3 is 15.4 Å². The number of nitrogens with two attached hydrogens (primary N) is 1. The Morgan fingerprint density at radius 1 is 1.32 bits per heavy atom. The van der Waals surface area contributed by atoms with Crippen LogP contribution in [0.3, 0.4) is 0 Å². The summed E-state index contributed by atoms with van der Waals surface area (Å²) in [6.45, 7) is 7.37. The fourth-order valence-electron chi connectivity index (χ4n) is 3.83. The molecule has 0 radical (unpaired) electrons. The quantitative estimate of drug-likeness (QED) is 0.692.